The molecule has 0 bridgehead atoms. The van der Waals surface area contributed by atoms with Crippen LogP contribution in [0.15, 0.2) is 57.5 Å². The van der Waals surface area contributed by atoms with E-state index in [0.29, 0.717) is 12.2 Å². The highest BCUT2D eigenvalue weighted by Gasteiger charge is 2.29. The number of hydrogen-bond acceptors (Lipinski definition) is 4. The van der Waals surface area contributed by atoms with E-state index in [1.54, 1.807) is 38.1 Å². The molecule has 1 atom stereocenters. The molecule has 1 N–H and O–H groups in total. The minimum Gasteiger partial charge on any atom is -0.355 e. The highest BCUT2D eigenvalue weighted by Crippen LogP contribution is 2.22. The van der Waals surface area contributed by atoms with Gasteiger partial charge in [0, 0.05) is 22.0 Å². The van der Waals surface area contributed by atoms with Crippen LogP contribution in [0.5, 0.6) is 0 Å². The standard InChI is InChI=1S/C21H25Br2N3O4S/c1-4-24-21(28)15(2)25(13-16-6-5-7-18(23)12-16)20(27)14-26(31(3,29)30)19-10-8-17(22)9-11-19/h5-12,15H,4,13-14H2,1-3H3,(H,24,28)/t15-/m1/s1. The Kier molecular flexibility index (Phi) is 9.08. The molecule has 0 aliphatic rings. The lowest BCUT2D eigenvalue weighted by molar-refractivity contribution is -0.139. The zero-order chi connectivity index (χ0) is 23.2. The van der Waals surface area contributed by atoms with Crippen LogP contribution >= 0.6 is 31.9 Å². The van der Waals surface area contributed by atoms with Gasteiger partial charge in [-0.1, -0.05) is 44.0 Å². The first-order valence-corrected chi connectivity index (χ1v) is 13.0. The number of likely N-dealkylation sites (N-methyl/N-ethyl adjacent to an activating group) is 1. The summed E-state index contributed by atoms with van der Waals surface area (Å²) in [7, 11) is -3.73. The summed E-state index contributed by atoms with van der Waals surface area (Å²) in [5, 5.41) is 2.72. The molecule has 0 aromatic heterocycles. The number of rotatable bonds is 9. The summed E-state index contributed by atoms with van der Waals surface area (Å²) in [5.41, 5.74) is 1.18. The van der Waals surface area contributed by atoms with Crippen LogP contribution in [0.2, 0.25) is 0 Å². The molecule has 7 nitrogen and oxygen atoms in total. The number of hydrogen-bond donors (Lipinski definition) is 1. The zero-order valence-corrected chi connectivity index (χ0v) is 21.5. The van der Waals surface area contributed by atoms with Gasteiger partial charge in [-0.05, 0) is 55.8 Å². The molecule has 2 aromatic rings. The fraction of sp³-hybridized carbons (Fsp3) is 0.333. The first-order chi connectivity index (χ1) is 14.5. The summed E-state index contributed by atoms with van der Waals surface area (Å²) in [6, 6.07) is 13.3. The number of carbonyl (C=O) groups excluding carboxylic acids is 2. The Morgan fingerprint density at radius 2 is 1.71 bits per heavy atom. The number of amides is 2. The van der Waals surface area contributed by atoms with Crippen LogP contribution in [0.4, 0.5) is 5.69 Å². The van der Waals surface area contributed by atoms with Gasteiger partial charge in [0.2, 0.25) is 21.8 Å². The maximum absolute atomic E-state index is 13.3. The number of anilines is 1. The van der Waals surface area contributed by atoms with Crippen LogP contribution < -0.4 is 9.62 Å². The third kappa shape index (κ3) is 7.33. The molecule has 0 aliphatic carbocycles. The minimum atomic E-state index is -3.73. The maximum atomic E-state index is 13.3. The summed E-state index contributed by atoms with van der Waals surface area (Å²) in [5.74, 6) is -0.785. The quantitative estimate of drug-likeness (QED) is 0.496. The second-order valence-electron chi connectivity index (χ2n) is 6.97. The third-order valence-electron chi connectivity index (χ3n) is 4.55. The Morgan fingerprint density at radius 3 is 2.26 bits per heavy atom. The first-order valence-electron chi connectivity index (χ1n) is 9.57. The molecule has 0 fully saturated rings. The summed E-state index contributed by atoms with van der Waals surface area (Å²) in [6.45, 7) is 3.60. The molecule has 0 saturated carbocycles. The van der Waals surface area contributed by atoms with E-state index in [1.807, 2.05) is 24.3 Å². The number of halogens is 2. The Hall–Kier alpha value is -1.91. The average molecular weight is 575 g/mol. The molecule has 0 radical (unpaired) electrons. The first kappa shape index (κ1) is 25.4. The molecule has 0 saturated heterocycles. The maximum Gasteiger partial charge on any atom is 0.244 e. The minimum absolute atomic E-state index is 0.161. The molecule has 0 heterocycles. The van der Waals surface area contributed by atoms with E-state index in [4.69, 9.17) is 0 Å². The summed E-state index contributed by atoms with van der Waals surface area (Å²) >= 11 is 6.73. The van der Waals surface area contributed by atoms with Gasteiger partial charge in [-0.25, -0.2) is 8.42 Å². The molecule has 10 heteroatoms. The van der Waals surface area contributed by atoms with Crippen molar-refractivity contribution < 1.29 is 18.0 Å². The van der Waals surface area contributed by atoms with Crippen LogP contribution in [0.1, 0.15) is 19.4 Å². The van der Waals surface area contributed by atoms with Gasteiger partial charge >= 0.3 is 0 Å². The molecule has 0 spiro atoms. The molecular formula is C21H25Br2N3O4S. The lowest BCUT2D eigenvalue weighted by Crippen LogP contribution is -2.51. The molecule has 2 aromatic carbocycles. The van der Waals surface area contributed by atoms with Crippen molar-refractivity contribution in [1.29, 1.82) is 0 Å². The van der Waals surface area contributed by atoms with E-state index in [-0.39, 0.29) is 12.5 Å². The molecule has 2 rings (SSSR count). The Labute approximate surface area is 200 Å². The Morgan fingerprint density at radius 1 is 1.06 bits per heavy atom. The highest BCUT2D eigenvalue weighted by atomic mass is 79.9. The van der Waals surface area contributed by atoms with Crippen molar-refractivity contribution >= 4 is 59.4 Å². The normalized spacial score (nSPS) is 12.2. The van der Waals surface area contributed by atoms with Crippen molar-refractivity contribution in [2.75, 3.05) is 23.7 Å². The summed E-state index contributed by atoms with van der Waals surface area (Å²) in [4.78, 5) is 27.2. The average Bonchev–Trinajstić information content (AvgIpc) is 2.70. The van der Waals surface area contributed by atoms with E-state index in [1.165, 1.54) is 4.90 Å². The predicted octanol–water partition coefficient (Wildman–Crippen LogP) is 3.53. The molecule has 168 valence electrons. The molecule has 0 aliphatic heterocycles. The smallest absolute Gasteiger partial charge is 0.244 e. The lowest BCUT2D eigenvalue weighted by atomic mass is 10.1. The predicted molar refractivity (Wildman–Crippen MR) is 129 cm³/mol. The van der Waals surface area contributed by atoms with Gasteiger partial charge in [-0.2, -0.15) is 0 Å². The number of nitrogens with one attached hydrogen (secondary N) is 1. The third-order valence-corrected chi connectivity index (χ3v) is 6.72. The monoisotopic (exact) mass is 573 g/mol. The molecule has 31 heavy (non-hydrogen) atoms. The molecule has 2 amide bonds. The van der Waals surface area contributed by atoms with Gasteiger partial charge in [0.1, 0.15) is 12.6 Å². The van der Waals surface area contributed by atoms with Gasteiger partial charge in [0.25, 0.3) is 0 Å². The van der Waals surface area contributed by atoms with Crippen molar-refractivity contribution in [3.8, 4) is 0 Å². The zero-order valence-electron chi connectivity index (χ0n) is 17.5. The molecule has 0 unspecified atom stereocenters. The van der Waals surface area contributed by atoms with Crippen molar-refractivity contribution in [3.05, 3.63) is 63.0 Å². The lowest BCUT2D eigenvalue weighted by Gasteiger charge is -2.31. The van der Waals surface area contributed by atoms with Gasteiger partial charge < -0.3 is 10.2 Å². The largest absolute Gasteiger partial charge is 0.355 e. The van der Waals surface area contributed by atoms with E-state index < -0.39 is 28.5 Å². The van der Waals surface area contributed by atoms with E-state index >= 15 is 0 Å². The van der Waals surface area contributed by atoms with Crippen LogP contribution in [-0.4, -0.2) is 50.5 Å². The van der Waals surface area contributed by atoms with Crippen LogP contribution in [0.3, 0.4) is 0 Å². The molecular weight excluding hydrogens is 550 g/mol. The fourth-order valence-corrected chi connectivity index (χ4v) is 4.52. The number of benzene rings is 2. The topological polar surface area (TPSA) is 86.8 Å². The van der Waals surface area contributed by atoms with Crippen molar-refractivity contribution in [2.24, 2.45) is 0 Å². The van der Waals surface area contributed by atoms with Gasteiger partial charge in [0.15, 0.2) is 0 Å². The van der Waals surface area contributed by atoms with Gasteiger partial charge in [-0.3, -0.25) is 13.9 Å². The fourth-order valence-electron chi connectivity index (χ4n) is 2.96. The van der Waals surface area contributed by atoms with Crippen LogP contribution in [0, 0.1) is 0 Å². The Bertz CT molecular complexity index is 1030. The van der Waals surface area contributed by atoms with Crippen molar-refractivity contribution in [1.82, 2.24) is 10.2 Å². The van der Waals surface area contributed by atoms with Crippen LogP contribution in [0.25, 0.3) is 0 Å². The van der Waals surface area contributed by atoms with Crippen molar-refractivity contribution in [3.63, 3.8) is 0 Å². The number of sulfonamides is 1. The van der Waals surface area contributed by atoms with Gasteiger partial charge in [-0.15, -0.1) is 0 Å². The van der Waals surface area contributed by atoms with Crippen molar-refractivity contribution in [2.45, 2.75) is 26.4 Å². The number of nitrogens with zero attached hydrogens (tertiary/aromatic N) is 2. The Balaban J connectivity index is 2.37. The van der Waals surface area contributed by atoms with Gasteiger partial charge in [0.05, 0.1) is 11.9 Å². The second kappa shape index (κ2) is 11.1. The summed E-state index contributed by atoms with van der Waals surface area (Å²) in [6.07, 6.45) is 1.05. The van der Waals surface area contributed by atoms with E-state index in [0.717, 1.165) is 25.1 Å². The van der Waals surface area contributed by atoms with Crippen LogP contribution in [-0.2, 0) is 26.2 Å². The SMILES string of the molecule is CCNC(=O)[C@@H](C)N(Cc1cccc(Br)c1)C(=O)CN(c1ccc(Br)cc1)S(C)(=O)=O. The summed E-state index contributed by atoms with van der Waals surface area (Å²) < 4.78 is 27.6. The second-order valence-corrected chi connectivity index (χ2v) is 10.7. The van der Waals surface area contributed by atoms with E-state index in [2.05, 4.69) is 37.2 Å². The van der Waals surface area contributed by atoms with E-state index in [9.17, 15) is 18.0 Å². The number of carbonyl (C=O) groups is 2. The highest BCUT2D eigenvalue weighted by molar-refractivity contribution is 9.10.